The first-order valence-electron chi connectivity index (χ1n) is 9.49. The third kappa shape index (κ3) is 4.69. The van der Waals surface area contributed by atoms with Gasteiger partial charge in [-0.3, -0.25) is 4.79 Å². The van der Waals surface area contributed by atoms with E-state index in [1.165, 1.54) is 0 Å². The summed E-state index contributed by atoms with van der Waals surface area (Å²) in [5, 5.41) is 17.3. The van der Waals surface area contributed by atoms with E-state index in [1.54, 1.807) is 11.0 Å². The molecule has 29 heavy (non-hydrogen) atoms. The van der Waals surface area contributed by atoms with Crippen molar-refractivity contribution < 1.29 is 9.53 Å². The van der Waals surface area contributed by atoms with Crippen LogP contribution in [0.25, 0.3) is 5.69 Å². The lowest BCUT2D eigenvalue weighted by molar-refractivity contribution is -0.114. The van der Waals surface area contributed by atoms with E-state index >= 15 is 0 Å². The molecule has 0 unspecified atom stereocenters. The molecule has 4 rings (SSSR count). The Balaban J connectivity index is 1.30. The van der Waals surface area contributed by atoms with Crippen molar-refractivity contribution in [2.75, 3.05) is 48.4 Å². The zero-order valence-electron chi connectivity index (χ0n) is 16.2. The van der Waals surface area contributed by atoms with Gasteiger partial charge in [0.25, 0.3) is 0 Å². The third-order valence-corrected chi connectivity index (χ3v) is 4.77. The van der Waals surface area contributed by atoms with Gasteiger partial charge in [-0.2, -0.15) is 0 Å². The van der Waals surface area contributed by atoms with Gasteiger partial charge in [-0.25, -0.2) is 4.68 Å². The van der Waals surface area contributed by atoms with E-state index in [0.717, 1.165) is 54.6 Å². The Morgan fingerprint density at radius 2 is 1.86 bits per heavy atom. The van der Waals surface area contributed by atoms with Crippen molar-refractivity contribution in [3.05, 3.63) is 54.4 Å². The quantitative estimate of drug-likeness (QED) is 0.660. The molecule has 9 nitrogen and oxygen atoms in total. The number of anilines is 3. The fraction of sp³-hybridized carbons (Fsp3) is 0.300. The third-order valence-electron chi connectivity index (χ3n) is 4.77. The average molecular weight is 393 g/mol. The summed E-state index contributed by atoms with van der Waals surface area (Å²) in [5.41, 5.74) is 4.67. The van der Waals surface area contributed by atoms with Gasteiger partial charge < -0.3 is 20.3 Å². The van der Waals surface area contributed by atoms with Crippen molar-refractivity contribution >= 4 is 23.0 Å². The minimum atomic E-state index is -0.105. The molecule has 2 aromatic carbocycles. The topological polar surface area (TPSA) is 97.2 Å². The summed E-state index contributed by atoms with van der Waals surface area (Å²) in [4.78, 5) is 14.6. The highest BCUT2D eigenvalue weighted by Crippen LogP contribution is 2.20. The summed E-state index contributed by atoms with van der Waals surface area (Å²) >= 11 is 0. The van der Waals surface area contributed by atoms with Crippen LogP contribution >= 0.6 is 0 Å². The second-order valence-electron chi connectivity index (χ2n) is 6.80. The largest absolute Gasteiger partial charge is 0.378 e. The van der Waals surface area contributed by atoms with Crippen molar-refractivity contribution in [1.82, 2.24) is 20.2 Å². The predicted molar refractivity (Wildman–Crippen MR) is 110 cm³/mol. The Kier molecular flexibility index (Phi) is 5.66. The Hall–Kier alpha value is -3.46. The molecule has 1 aliphatic heterocycles. The number of tetrazole rings is 1. The molecule has 150 valence electrons. The number of carbonyl (C=O) groups is 1. The molecule has 0 radical (unpaired) electrons. The maximum absolute atomic E-state index is 12.3. The summed E-state index contributed by atoms with van der Waals surface area (Å²) in [5.74, 6) is -0.105. The second-order valence-corrected chi connectivity index (χ2v) is 6.80. The minimum absolute atomic E-state index is 0.105. The molecule has 1 aliphatic rings. The number of nitrogens with zero attached hydrogens (tertiary/aromatic N) is 5. The highest BCUT2D eigenvalue weighted by atomic mass is 16.5. The number of hydrogen-bond donors (Lipinski definition) is 2. The van der Waals surface area contributed by atoms with Crippen LogP contribution in [0.15, 0.2) is 48.8 Å². The van der Waals surface area contributed by atoms with Gasteiger partial charge in [-0.1, -0.05) is 0 Å². The van der Waals surface area contributed by atoms with E-state index < -0.39 is 0 Å². The Labute approximate surface area is 168 Å². The monoisotopic (exact) mass is 393 g/mol. The Morgan fingerprint density at radius 3 is 2.55 bits per heavy atom. The highest BCUT2D eigenvalue weighted by molar-refractivity contribution is 5.93. The molecule has 1 amide bonds. The van der Waals surface area contributed by atoms with Crippen LogP contribution in [-0.4, -0.2) is 59.0 Å². The SMILES string of the molecule is Cc1cc(NCC(=O)Nc2ccc(N3CCOCC3)cc2)ccc1-n1cnnn1. The zero-order chi connectivity index (χ0) is 20.1. The summed E-state index contributed by atoms with van der Waals surface area (Å²) < 4.78 is 6.98. The van der Waals surface area contributed by atoms with Crippen molar-refractivity contribution in [2.24, 2.45) is 0 Å². The van der Waals surface area contributed by atoms with Gasteiger partial charge in [0.15, 0.2) is 0 Å². The minimum Gasteiger partial charge on any atom is -0.378 e. The molecule has 3 aromatic rings. The highest BCUT2D eigenvalue weighted by Gasteiger charge is 2.11. The zero-order valence-corrected chi connectivity index (χ0v) is 16.2. The summed E-state index contributed by atoms with van der Waals surface area (Å²) in [6, 6.07) is 13.7. The first-order valence-corrected chi connectivity index (χ1v) is 9.49. The average Bonchev–Trinajstić information content (AvgIpc) is 3.28. The number of nitrogens with one attached hydrogen (secondary N) is 2. The predicted octanol–water partition coefficient (Wildman–Crippen LogP) is 1.86. The van der Waals surface area contributed by atoms with Crippen LogP contribution in [0.1, 0.15) is 5.56 Å². The van der Waals surface area contributed by atoms with Crippen molar-refractivity contribution in [3.63, 3.8) is 0 Å². The second kappa shape index (κ2) is 8.70. The van der Waals surface area contributed by atoms with Gasteiger partial charge in [0, 0.05) is 30.2 Å². The van der Waals surface area contributed by atoms with Crippen LogP contribution in [0.5, 0.6) is 0 Å². The van der Waals surface area contributed by atoms with Crippen molar-refractivity contribution in [3.8, 4) is 5.69 Å². The van der Waals surface area contributed by atoms with Gasteiger partial charge in [0.05, 0.1) is 25.4 Å². The van der Waals surface area contributed by atoms with Gasteiger partial charge in [-0.15, -0.1) is 5.10 Å². The summed E-state index contributed by atoms with van der Waals surface area (Å²) in [6.07, 6.45) is 1.55. The van der Waals surface area contributed by atoms with Gasteiger partial charge in [-0.05, 0) is 65.4 Å². The molecule has 1 fully saturated rings. The Morgan fingerprint density at radius 1 is 1.10 bits per heavy atom. The lowest BCUT2D eigenvalue weighted by Crippen LogP contribution is -2.36. The smallest absolute Gasteiger partial charge is 0.243 e. The number of ether oxygens (including phenoxy) is 1. The van der Waals surface area contributed by atoms with E-state index in [1.807, 2.05) is 49.4 Å². The van der Waals surface area contributed by atoms with Crippen LogP contribution in [0, 0.1) is 6.92 Å². The van der Waals surface area contributed by atoms with Gasteiger partial charge in [0.1, 0.15) is 6.33 Å². The molecule has 0 bridgehead atoms. The molecule has 9 heteroatoms. The van der Waals surface area contributed by atoms with Crippen LogP contribution in [-0.2, 0) is 9.53 Å². The molecule has 2 N–H and O–H groups in total. The van der Waals surface area contributed by atoms with E-state index in [4.69, 9.17) is 4.74 Å². The van der Waals surface area contributed by atoms with Crippen LogP contribution in [0.3, 0.4) is 0 Å². The number of benzene rings is 2. The van der Waals surface area contributed by atoms with Crippen LogP contribution < -0.4 is 15.5 Å². The fourth-order valence-corrected chi connectivity index (χ4v) is 3.26. The summed E-state index contributed by atoms with van der Waals surface area (Å²) in [7, 11) is 0. The van der Waals surface area contributed by atoms with Crippen molar-refractivity contribution in [2.45, 2.75) is 6.92 Å². The first kappa shape index (κ1) is 18.9. The molecule has 0 aliphatic carbocycles. The first-order chi connectivity index (χ1) is 14.2. The fourth-order valence-electron chi connectivity index (χ4n) is 3.26. The van der Waals surface area contributed by atoms with E-state index in [-0.39, 0.29) is 12.5 Å². The number of aryl methyl sites for hydroxylation is 1. The van der Waals surface area contributed by atoms with Crippen LogP contribution in [0.4, 0.5) is 17.1 Å². The number of hydrogen-bond acceptors (Lipinski definition) is 7. The Bertz CT molecular complexity index is 951. The van der Waals surface area contributed by atoms with E-state index in [9.17, 15) is 4.79 Å². The van der Waals surface area contributed by atoms with Crippen LogP contribution in [0.2, 0.25) is 0 Å². The van der Waals surface area contributed by atoms with Gasteiger partial charge in [0.2, 0.25) is 5.91 Å². The maximum Gasteiger partial charge on any atom is 0.243 e. The molecule has 1 aromatic heterocycles. The van der Waals surface area contributed by atoms with E-state index in [0.29, 0.717) is 0 Å². The molecule has 0 saturated carbocycles. The molecule has 0 atom stereocenters. The standard InChI is InChI=1S/C20H23N7O2/c1-15-12-17(4-7-19(15)27-14-22-24-25-27)21-13-20(28)23-16-2-5-18(6-3-16)26-8-10-29-11-9-26/h2-7,12,14,21H,8-11,13H2,1H3,(H,23,28). The molecular weight excluding hydrogens is 370 g/mol. The normalized spacial score (nSPS) is 13.9. The number of morpholine rings is 1. The molecule has 2 heterocycles. The molecular formula is C20H23N7O2. The van der Waals surface area contributed by atoms with Crippen molar-refractivity contribution in [1.29, 1.82) is 0 Å². The van der Waals surface area contributed by atoms with E-state index in [2.05, 4.69) is 31.1 Å². The number of carbonyl (C=O) groups excluding carboxylic acids is 1. The maximum atomic E-state index is 12.3. The lowest BCUT2D eigenvalue weighted by atomic mass is 10.2. The number of rotatable bonds is 6. The molecule has 0 spiro atoms. The number of amides is 1. The van der Waals surface area contributed by atoms with Gasteiger partial charge >= 0.3 is 0 Å². The number of aromatic nitrogens is 4. The lowest BCUT2D eigenvalue weighted by Gasteiger charge is -2.28. The summed E-state index contributed by atoms with van der Waals surface area (Å²) in [6.45, 7) is 5.43. The molecule has 1 saturated heterocycles.